The second kappa shape index (κ2) is 6.99. The minimum atomic E-state index is -0.771. The zero-order chi connectivity index (χ0) is 17.0. The molecule has 2 aromatic carbocycles. The molecule has 23 heavy (non-hydrogen) atoms. The number of rotatable bonds is 4. The Morgan fingerprint density at radius 1 is 1.04 bits per heavy atom. The molecule has 2 aromatic rings. The highest BCUT2D eigenvalue weighted by Crippen LogP contribution is 2.36. The number of nitro groups is 2. The van der Waals surface area contributed by atoms with Gasteiger partial charge >= 0.3 is 5.69 Å². The molecule has 0 saturated heterocycles. The van der Waals surface area contributed by atoms with Crippen LogP contribution in [-0.2, 0) is 0 Å². The molecule has 2 N–H and O–H groups in total. The van der Waals surface area contributed by atoms with Gasteiger partial charge in [-0.3, -0.25) is 20.2 Å². The average Bonchev–Trinajstić information content (AvgIpc) is 2.49. The van der Waals surface area contributed by atoms with Crippen molar-refractivity contribution in [3.05, 3.63) is 67.7 Å². The van der Waals surface area contributed by atoms with Crippen molar-refractivity contribution >= 4 is 51.7 Å². The van der Waals surface area contributed by atoms with Crippen LogP contribution in [-0.4, -0.2) is 15.0 Å². The van der Waals surface area contributed by atoms with E-state index in [4.69, 9.17) is 23.8 Å². The lowest BCUT2D eigenvalue weighted by Gasteiger charge is -2.12. The number of para-hydroxylation sites is 1. The van der Waals surface area contributed by atoms with Crippen LogP contribution in [0, 0.1) is 20.2 Å². The molecular formula is C13H9ClN4O4S. The van der Waals surface area contributed by atoms with Gasteiger partial charge in [0, 0.05) is 11.8 Å². The summed E-state index contributed by atoms with van der Waals surface area (Å²) in [6, 6.07) is 10.7. The van der Waals surface area contributed by atoms with Crippen LogP contribution in [0.3, 0.4) is 0 Å². The molecule has 0 saturated carbocycles. The summed E-state index contributed by atoms with van der Waals surface area (Å²) in [6.45, 7) is 0. The molecule has 8 nitrogen and oxygen atoms in total. The number of hydrogen-bond acceptors (Lipinski definition) is 5. The number of hydrogen-bond donors (Lipinski definition) is 2. The lowest BCUT2D eigenvalue weighted by molar-refractivity contribution is -0.393. The number of halogens is 1. The van der Waals surface area contributed by atoms with Crippen molar-refractivity contribution < 1.29 is 9.85 Å². The Kier molecular flexibility index (Phi) is 5.04. The molecule has 0 bridgehead atoms. The van der Waals surface area contributed by atoms with Crippen LogP contribution in [0.1, 0.15) is 0 Å². The van der Waals surface area contributed by atoms with Crippen LogP contribution in [0.15, 0.2) is 42.5 Å². The van der Waals surface area contributed by atoms with Crippen LogP contribution in [0.25, 0.3) is 0 Å². The maximum Gasteiger partial charge on any atom is 0.301 e. The number of thiocarbonyl (C=S) groups is 1. The molecule has 0 fully saturated rings. The third-order valence-corrected chi connectivity index (χ3v) is 3.23. The largest absolute Gasteiger partial charge is 0.332 e. The predicted octanol–water partition coefficient (Wildman–Crippen LogP) is 3.97. The Hall–Kier alpha value is -2.78. The zero-order valence-electron chi connectivity index (χ0n) is 11.4. The standard InChI is InChI=1S/C13H9ClN4O4S/c14-10-6-9(17(19)20)7-11(18(21)22)12(10)16-13(23)15-8-4-2-1-3-5-8/h1-7H,(H2,15,16,23). The number of nitrogens with zero attached hydrogens (tertiary/aromatic N) is 2. The highest BCUT2D eigenvalue weighted by atomic mass is 35.5. The van der Waals surface area contributed by atoms with E-state index < -0.39 is 21.2 Å². The van der Waals surface area contributed by atoms with E-state index in [-0.39, 0.29) is 15.8 Å². The van der Waals surface area contributed by atoms with E-state index in [0.717, 1.165) is 12.1 Å². The lowest BCUT2D eigenvalue weighted by atomic mass is 10.2. The van der Waals surface area contributed by atoms with Gasteiger partial charge in [-0.25, -0.2) is 0 Å². The van der Waals surface area contributed by atoms with Gasteiger partial charge in [0.2, 0.25) is 0 Å². The smallest absolute Gasteiger partial charge is 0.301 e. The van der Waals surface area contributed by atoms with Gasteiger partial charge in [0.15, 0.2) is 5.11 Å². The molecule has 0 radical (unpaired) electrons. The van der Waals surface area contributed by atoms with Gasteiger partial charge < -0.3 is 10.6 Å². The maximum atomic E-state index is 11.1. The van der Waals surface area contributed by atoms with Gasteiger partial charge in [-0.1, -0.05) is 29.8 Å². The normalized spacial score (nSPS) is 9.96. The summed E-state index contributed by atoms with van der Waals surface area (Å²) in [5, 5.41) is 27.2. The Labute approximate surface area is 140 Å². The fourth-order valence-corrected chi connectivity index (χ4v) is 2.22. The second-order valence-electron chi connectivity index (χ2n) is 4.28. The van der Waals surface area contributed by atoms with E-state index in [9.17, 15) is 20.2 Å². The van der Waals surface area contributed by atoms with E-state index in [1.165, 1.54) is 0 Å². The number of nitrogens with one attached hydrogen (secondary N) is 2. The van der Waals surface area contributed by atoms with Crippen molar-refractivity contribution in [1.82, 2.24) is 0 Å². The van der Waals surface area contributed by atoms with Gasteiger partial charge in [-0.05, 0) is 24.4 Å². The molecule has 0 aliphatic heterocycles. The van der Waals surface area contributed by atoms with Crippen LogP contribution in [0.5, 0.6) is 0 Å². The monoisotopic (exact) mass is 352 g/mol. The Bertz CT molecular complexity index is 785. The lowest BCUT2D eigenvalue weighted by Crippen LogP contribution is -2.20. The first kappa shape index (κ1) is 16.6. The van der Waals surface area contributed by atoms with Crippen molar-refractivity contribution in [3.8, 4) is 0 Å². The Morgan fingerprint density at radius 3 is 2.26 bits per heavy atom. The van der Waals surface area contributed by atoms with Crippen molar-refractivity contribution in [2.24, 2.45) is 0 Å². The molecule has 10 heteroatoms. The molecule has 0 unspecified atom stereocenters. The van der Waals surface area contributed by atoms with Gasteiger partial charge in [-0.15, -0.1) is 0 Å². The topological polar surface area (TPSA) is 110 Å². The molecular weight excluding hydrogens is 344 g/mol. The van der Waals surface area contributed by atoms with Crippen molar-refractivity contribution in [3.63, 3.8) is 0 Å². The number of anilines is 2. The van der Waals surface area contributed by atoms with Crippen molar-refractivity contribution in [2.75, 3.05) is 10.6 Å². The molecule has 0 heterocycles. The van der Waals surface area contributed by atoms with Gasteiger partial charge in [0.25, 0.3) is 5.69 Å². The summed E-state index contributed by atoms with van der Waals surface area (Å²) < 4.78 is 0. The SMILES string of the molecule is O=[N+]([O-])c1cc(Cl)c(NC(=S)Nc2ccccc2)c([N+](=O)[O-])c1. The van der Waals surface area contributed by atoms with Crippen LogP contribution < -0.4 is 10.6 Å². The highest BCUT2D eigenvalue weighted by Gasteiger charge is 2.24. The van der Waals surface area contributed by atoms with E-state index in [0.29, 0.717) is 5.69 Å². The molecule has 0 aliphatic rings. The van der Waals surface area contributed by atoms with E-state index in [2.05, 4.69) is 10.6 Å². The molecule has 0 aromatic heterocycles. The Morgan fingerprint density at radius 2 is 1.70 bits per heavy atom. The summed E-state index contributed by atoms with van der Waals surface area (Å²) in [6.07, 6.45) is 0. The first-order valence-electron chi connectivity index (χ1n) is 6.14. The van der Waals surface area contributed by atoms with Crippen molar-refractivity contribution in [1.29, 1.82) is 0 Å². The summed E-state index contributed by atoms with van der Waals surface area (Å²) in [4.78, 5) is 20.3. The summed E-state index contributed by atoms with van der Waals surface area (Å²) in [7, 11) is 0. The number of nitro benzene ring substituents is 2. The third-order valence-electron chi connectivity index (χ3n) is 2.73. The van der Waals surface area contributed by atoms with Crippen molar-refractivity contribution in [2.45, 2.75) is 0 Å². The van der Waals surface area contributed by atoms with E-state index >= 15 is 0 Å². The van der Waals surface area contributed by atoms with Crippen LogP contribution in [0.4, 0.5) is 22.7 Å². The predicted molar refractivity (Wildman–Crippen MR) is 91.0 cm³/mol. The van der Waals surface area contributed by atoms with E-state index in [1.807, 2.05) is 6.07 Å². The molecule has 0 spiro atoms. The fourth-order valence-electron chi connectivity index (χ4n) is 1.75. The molecule has 0 atom stereocenters. The van der Waals surface area contributed by atoms with E-state index in [1.54, 1.807) is 24.3 Å². The summed E-state index contributed by atoms with van der Waals surface area (Å²) in [5.41, 5.74) is -0.461. The van der Waals surface area contributed by atoms with Crippen LogP contribution in [0.2, 0.25) is 5.02 Å². The fraction of sp³-hybridized carbons (Fsp3) is 0. The zero-order valence-corrected chi connectivity index (χ0v) is 12.9. The van der Waals surface area contributed by atoms with Gasteiger partial charge in [0.1, 0.15) is 5.69 Å². The summed E-state index contributed by atoms with van der Waals surface area (Å²) >= 11 is 11.0. The molecule has 0 aliphatic carbocycles. The maximum absolute atomic E-state index is 11.1. The third kappa shape index (κ3) is 4.11. The van der Waals surface area contributed by atoms with Gasteiger partial charge in [-0.2, -0.15) is 0 Å². The molecule has 118 valence electrons. The van der Waals surface area contributed by atoms with Crippen LogP contribution >= 0.6 is 23.8 Å². The minimum Gasteiger partial charge on any atom is -0.332 e. The molecule has 2 rings (SSSR count). The average molecular weight is 353 g/mol. The number of non-ortho nitro benzene ring substituents is 1. The first-order chi connectivity index (χ1) is 10.9. The second-order valence-corrected chi connectivity index (χ2v) is 5.10. The Balaban J connectivity index is 2.30. The van der Waals surface area contributed by atoms with Gasteiger partial charge in [0.05, 0.1) is 20.9 Å². The minimum absolute atomic E-state index is 0.0649. The number of benzene rings is 2. The molecule has 0 amide bonds. The summed E-state index contributed by atoms with van der Waals surface area (Å²) in [5.74, 6) is 0. The quantitative estimate of drug-likeness (QED) is 0.486. The highest BCUT2D eigenvalue weighted by molar-refractivity contribution is 7.80. The first-order valence-corrected chi connectivity index (χ1v) is 6.92.